The second-order valence-electron chi connectivity index (χ2n) is 5.86. The largest absolute Gasteiger partial charge is 0.482 e. The van der Waals surface area contributed by atoms with Gasteiger partial charge in [0.2, 0.25) is 0 Å². The summed E-state index contributed by atoms with van der Waals surface area (Å²) in [5, 5.41) is 5.36. The molecular weight excluding hydrogens is 366 g/mol. The second-order valence-corrected chi connectivity index (χ2v) is 6.30. The Morgan fingerprint density at radius 1 is 0.889 bits per heavy atom. The van der Waals surface area contributed by atoms with Crippen LogP contribution in [0.2, 0.25) is 5.02 Å². The maximum absolute atomic E-state index is 11.8. The van der Waals surface area contributed by atoms with Gasteiger partial charge in [-0.2, -0.15) is 0 Å². The summed E-state index contributed by atoms with van der Waals surface area (Å²) in [5.74, 6) is -0.439. The number of ether oxygens (including phenoxy) is 2. The van der Waals surface area contributed by atoms with Crippen LogP contribution in [0.3, 0.4) is 0 Å². The quantitative estimate of drug-likeness (QED) is 0.631. The van der Waals surface area contributed by atoms with Gasteiger partial charge in [0, 0.05) is 11.6 Å². The summed E-state index contributed by atoms with van der Waals surface area (Å²) in [6, 6.07) is 20.5. The van der Waals surface area contributed by atoms with Crippen LogP contribution in [-0.2, 0) is 20.9 Å². The minimum Gasteiger partial charge on any atom is -0.482 e. The molecule has 1 amide bonds. The molecule has 3 rings (SSSR count). The lowest BCUT2D eigenvalue weighted by Gasteiger charge is -2.09. The summed E-state index contributed by atoms with van der Waals surface area (Å²) in [6.45, 7) is -0.315. The van der Waals surface area contributed by atoms with Gasteiger partial charge >= 0.3 is 5.97 Å². The number of hydrogen-bond acceptors (Lipinski definition) is 4. The van der Waals surface area contributed by atoms with Crippen LogP contribution in [0.1, 0.15) is 5.56 Å². The minimum absolute atomic E-state index is 0.264. The molecule has 138 valence electrons. The first-order valence-electron chi connectivity index (χ1n) is 8.38. The van der Waals surface area contributed by atoms with Gasteiger partial charge < -0.3 is 14.8 Å². The van der Waals surface area contributed by atoms with Crippen LogP contribution in [0.25, 0.3) is 10.8 Å². The van der Waals surface area contributed by atoms with Gasteiger partial charge in [-0.1, -0.05) is 54.1 Å². The molecule has 0 aliphatic heterocycles. The standard InChI is InChI=1S/C21H18ClNO4/c22-18-7-3-4-15(10-18)12-23-20(24)13-27-21(25)14-26-19-9-8-16-5-1-2-6-17(16)11-19/h1-11H,12-14H2,(H,23,24). The highest BCUT2D eigenvalue weighted by Crippen LogP contribution is 2.20. The van der Waals surface area contributed by atoms with E-state index < -0.39 is 11.9 Å². The Hall–Kier alpha value is -3.05. The number of hydrogen-bond donors (Lipinski definition) is 1. The number of carbonyl (C=O) groups excluding carboxylic acids is 2. The SMILES string of the molecule is O=C(COC(=O)COc1ccc2ccccc2c1)NCc1cccc(Cl)c1. The fourth-order valence-corrected chi connectivity index (χ4v) is 2.70. The third-order valence-electron chi connectivity index (χ3n) is 3.82. The molecule has 3 aromatic carbocycles. The van der Waals surface area contributed by atoms with Crippen LogP contribution < -0.4 is 10.1 Å². The summed E-state index contributed by atoms with van der Waals surface area (Å²) >= 11 is 5.88. The molecule has 5 nitrogen and oxygen atoms in total. The van der Waals surface area contributed by atoms with Crippen molar-refractivity contribution < 1.29 is 19.1 Å². The first-order chi connectivity index (χ1) is 13.1. The van der Waals surface area contributed by atoms with Crippen LogP contribution in [0.4, 0.5) is 0 Å². The minimum atomic E-state index is -0.610. The summed E-state index contributed by atoms with van der Waals surface area (Å²) in [7, 11) is 0. The van der Waals surface area contributed by atoms with Crippen molar-refractivity contribution in [2.24, 2.45) is 0 Å². The van der Waals surface area contributed by atoms with Crippen molar-refractivity contribution in [3.05, 3.63) is 77.3 Å². The predicted molar refractivity (Wildman–Crippen MR) is 104 cm³/mol. The fraction of sp³-hybridized carbons (Fsp3) is 0.143. The molecule has 27 heavy (non-hydrogen) atoms. The van der Waals surface area contributed by atoms with E-state index in [4.69, 9.17) is 21.1 Å². The number of rotatable bonds is 7. The Bertz CT molecular complexity index is 958. The van der Waals surface area contributed by atoms with Crippen molar-refractivity contribution >= 4 is 34.2 Å². The van der Waals surface area contributed by atoms with Crippen LogP contribution in [0.15, 0.2) is 66.7 Å². The number of carbonyl (C=O) groups is 2. The molecule has 1 N–H and O–H groups in total. The van der Waals surface area contributed by atoms with Crippen molar-refractivity contribution in [1.82, 2.24) is 5.32 Å². The van der Waals surface area contributed by atoms with Crippen LogP contribution >= 0.6 is 11.6 Å². The van der Waals surface area contributed by atoms with Gasteiger partial charge in [-0.15, -0.1) is 0 Å². The molecule has 0 bridgehead atoms. The normalized spacial score (nSPS) is 10.4. The molecule has 3 aromatic rings. The monoisotopic (exact) mass is 383 g/mol. The van der Waals surface area contributed by atoms with Gasteiger partial charge in [-0.05, 0) is 40.6 Å². The zero-order valence-corrected chi connectivity index (χ0v) is 15.2. The summed E-state index contributed by atoms with van der Waals surface area (Å²) in [4.78, 5) is 23.5. The third kappa shape index (κ3) is 5.72. The van der Waals surface area contributed by atoms with E-state index in [1.54, 1.807) is 24.3 Å². The van der Waals surface area contributed by atoms with Gasteiger partial charge in [0.25, 0.3) is 5.91 Å². The molecule has 0 aromatic heterocycles. The third-order valence-corrected chi connectivity index (χ3v) is 4.06. The first kappa shape index (κ1) is 18.7. The molecule has 0 aliphatic carbocycles. The molecule has 0 fully saturated rings. The summed E-state index contributed by atoms with van der Waals surface area (Å²) in [6.07, 6.45) is 0. The predicted octanol–water partition coefficient (Wildman–Crippen LogP) is 3.73. The average Bonchev–Trinajstić information content (AvgIpc) is 2.69. The molecule has 0 saturated heterocycles. The maximum Gasteiger partial charge on any atom is 0.344 e. The zero-order chi connectivity index (χ0) is 19.1. The topological polar surface area (TPSA) is 64.6 Å². The lowest BCUT2D eigenvalue weighted by molar-refractivity contribution is -0.150. The highest BCUT2D eigenvalue weighted by Gasteiger charge is 2.09. The first-order valence-corrected chi connectivity index (χ1v) is 8.76. The Balaban J connectivity index is 1.40. The van der Waals surface area contributed by atoms with Gasteiger partial charge in [0.15, 0.2) is 13.2 Å². The van der Waals surface area contributed by atoms with E-state index in [2.05, 4.69) is 5.32 Å². The van der Waals surface area contributed by atoms with E-state index in [9.17, 15) is 9.59 Å². The smallest absolute Gasteiger partial charge is 0.344 e. The van der Waals surface area contributed by atoms with Crippen LogP contribution in [0, 0.1) is 0 Å². The van der Waals surface area contributed by atoms with Crippen LogP contribution in [0.5, 0.6) is 5.75 Å². The molecule has 0 radical (unpaired) electrons. The van der Waals surface area contributed by atoms with Crippen molar-refractivity contribution in [2.45, 2.75) is 6.54 Å². The molecular formula is C21H18ClNO4. The molecule has 0 atom stereocenters. The van der Waals surface area contributed by atoms with E-state index in [1.807, 2.05) is 42.5 Å². The number of esters is 1. The molecule has 6 heteroatoms. The lowest BCUT2D eigenvalue weighted by atomic mass is 10.1. The Morgan fingerprint density at radius 2 is 1.70 bits per heavy atom. The molecule has 0 saturated carbocycles. The highest BCUT2D eigenvalue weighted by atomic mass is 35.5. The highest BCUT2D eigenvalue weighted by molar-refractivity contribution is 6.30. The number of amides is 1. The number of benzene rings is 3. The molecule has 0 unspecified atom stereocenters. The van der Waals surface area contributed by atoms with E-state index in [0.717, 1.165) is 16.3 Å². The Labute approximate surface area is 161 Å². The maximum atomic E-state index is 11.8. The van der Waals surface area contributed by atoms with E-state index >= 15 is 0 Å². The Kier molecular flexibility index (Phi) is 6.28. The lowest BCUT2D eigenvalue weighted by Crippen LogP contribution is -2.29. The van der Waals surface area contributed by atoms with Crippen molar-refractivity contribution in [1.29, 1.82) is 0 Å². The second kappa shape index (κ2) is 9.05. The molecule has 0 spiro atoms. The zero-order valence-electron chi connectivity index (χ0n) is 14.5. The van der Waals surface area contributed by atoms with E-state index in [0.29, 0.717) is 17.3 Å². The van der Waals surface area contributed by atoms with Crippen LogP contribution in [-0.4, -0.2) is 25.1 Å². The fourth-order valence-electron chi connectivity index (χ4n) is 2.49. The van der Waals surface area contributed by atoms with Crippen molar-refractivity contribution in [2.75, 3.05) is 13.2 Å². The van der Waals surface area contributed by atoms with Gasteiger partial charge in [-0.25, -0.2) is 4.79 Å². The Morgan fingerprint density at radius 3 is 2.52 bits per heavy atom. The summed E-state index contributed by atoms with van der Waals surface area (Å²) < 4.78 is 10.4. The number of halogens is 1. The van der Waals surface area contributed by atoms with E-state index in [-0.39, 0.29) is 13.2 Å². The van der Waals surface area contributed by atoms with Gasteiger partial charge in [0.1, 0.15) is 5.75 Å². The molecule has 0 heterocycles. The summed E-state index contributed by atoms with van der Waals surface area (Å²) in [5.41, 5.74) is 0.863. The number of fused-ring (bicyclic) bond motifs is 1. The van der Waals surface area contributed by atoms with Crippen molar-refractivity contribution in [3.63, 3.8) is 0 Å². The van der Waals surface area contributed by atoms with Gasteiger partial charge in [-0.3, -0.25) is 4.79 Å². The van der Waals surface area contributed by atoms with Gasteiger partial charge in [0.05, 0.1) is 0 Å². The van der Waals surface area contributed by atoms with E-state index in [1.165, 1.54) is 0 Å². The van der Waals surface area contributed by atoms with Crippen molar-refractivity contribution in [3.8, 4) is 5.75 Å². The average molecular weight is 384 g/mol. The molecule has 0 aliphatic rings. The number of nitrogens with one attached hydrogen (secondary N) is 1.